The van der Waals surface area contributed by atoms with Crippen LogP contribution in [0.4, 0.5) is 17.6 Å². The highest BCUT2D eigenvalue weighted by Gasteiger charge is 2.38. The van der Waals surface area contributed by atoms with Crippen LogP contribution in [-0.4, -0.2) is 53.4 Å². The molecule has 10 heteroatoms. The van der Waals surface area contributed by atoms with Gasteiger partial charge in [-0.2, -0.15) is 0 Å². The first-order valence-corrected chi connectivity index (χ1v) is 12.7. The molecule has 1 aromatic carbocycles. The number of ether oxygens (including phenoxy) is 2. The molecule has 1 amide bonds. The number of piperidine rings is 1. The third kappa shape index (κ3) is 4.56. The highest BCUT2D eigenvalue weighted by Crippen LogP contribution is 2.47. The van der Waals surface area contributed by atoms with Crippen LogP contribution in [0.15, 0.2) is 30.5 Å². The van der Waals surface area contributed by atoms with Crippen LogP contribution in [-0.2, 0) is 11.2 Å². The lowest BCUT2D eigenvalue weighted by atomic mass is 9.73. The molecular formula is C27H27F4N3O3. The van der Waals surface area contributed by atoms with Crippen LogP contribution >= 0.6 is 0 Å². The zero-order valence-corrected chi connectivity index (χ0v) is 20.1. The van der Waals surface area contributed by atoms with Gasteiger partial charge in [-0.15, -0.1) is 13.2 Å². The van der Waals surface area contributed by atoms with Gasteiger partial charge in [0.05, 0.1) is 6.20 Å². The van der Waals surface area contributed by atoms with E-state index in [4.69, 9.17) is 4.74 Å². The number of halogens is 4. The quantitative estimate of drug-likeness (QED) is 0.454. The number of pyridine rings is 1. The number of fused-ring (bicyclic) bond motifs is 5. The fourth-order valence-electron chi connectivity index (χ4n) is 6.38. The number of benzene rings is 1. The molecule has 0 saturated carbocycles. The van der Waals surface area contributed by atoms with E-state index in [0.29, 0.717) is 49.9 Å². The lowest BCUT2D eigenvalue weighted by Gasteiger charge is -2.36. The van der Waals surface area contributed by atoms with Crippen molar-refractivity contribution in [1.29, 1.82) is 0 Å². The molecular weight excluding hydrogens is 490 g/mol. The van der Waals surface area contributed by atoms with Crippen LogP contribution in [0.25, 0.3) is 11.0 Å². The van der Waals surface area contributed by atoms with E-state index in [1.807, 2.05) is 0 Å². The fourth-order valence-corrected chi connectivity index (χ4v) is 6.38. The predicted octanol–water partition coefficient (Wildman–Crippen LogP) is 5.69. The maximum atomic E-state index is 15.4. The first kappa shape index (κ1) is 24.2. The highest BCUT2D eigenvalue weighted by atomic mass is 19.4. The maximum Gasteiger partial charge on any atom is 0.573 e. The Bertz CT molecular complexity index is 1310. The van der Waals surface area contributed by atoms with E-state index in [-0.39, 0.29) is 29.0 Å². The van der Waals surface area contributed by atoms with Crippen molar-refractivity contribution in [3.63, 3.8) is 0 Å². The summed E-state index contributed by atoms with van der Waals surface area (Å²) in [7, 11) is 0. The van der Waals surface area contributed by atoms with Crippen LogP contribution in [0.1, 0.15) is 64.7 Å². The van der Waals surface area contributed by atoms with E-state index in [9.17, 15) is 18.0 Å². The molecule has 37 heavy (non-hydrogen) atoms. The molecule has 2 unspecified atom stereocenters. The number of hydrogen-bond donors (Lipinski definition) is 1. The Balaban J connectivity index is 1.22. The van der Waals surface area contributed by atoms with Crippen molar-refractivity contribution in [3.8, 4) is 5.75 Å². The maximum absolute atomic E-state index is 15.4. The number of nitrogens with zero attached hydrogens (tertiary/aromatic N) is 2. The summed E-state index contributed by atoms with van der Waals surface area (Å²) in [6, 6.07) is 4.93. The van der Waals surface area contributed by atoms with E-state index < -0.39 is 6.36 Å². The summed E-state index contributed by atoms with van der Waals surface area (Å²) < 4.78 is 62.2. The van der Waals surface area contributed by atoms with Crippen molar-refractivity contribution >= 4 is 16.9 Å². The second kappa shape index (κ2) is 9.31. The number of hydrogen-bond acceptors (Lipinski definition) is 4. The van der Waals surface area contributed by atoms with E-state index in [0.717, 1.165) is 54.7 Å². The largest absolute Gasteiger partial charge is 0.573 e. The average molecular weight is 518 g/mol. The van der Waals surface area contributed by atoms with E-state index >= 15 is 4.39 Å². The Kier molecular flexibility index (Phi) is 6.09. The van der Waals surface area contributed by atoms with Crippen molar-refractivity contribution in [2.45, 2.75) is 50.3 Å². The number of aryl methyl sites for hydroxylation is 1. The summed E-state index contributed by atoms with van der Waals surface area (Å²) in [6.45, 7) is 2.30. The normalized spacial score (nSPS) is 22.5. The van der Waals surface area contributed by atoms with Gasteiger partial charge in [-0.05, 0) is 79.7 Å². The van der Waals surface area contributed by atoms with Gasteiger partial charge in [0.25, 0.3) is 5.91 Å². The number of carbonyl (C=O) groups excluding carboxylic acids is 1. The van der Waals surface area contributed by atoms with Gasteiger partial charge in [0.1, 0.15) is 17.2 Å². The third-order valence-electron chi connectivity index (χ3n) is 8.07. The molecule has 6 rings (SSSR count). The molecule has 0 spiro atoms. The molecule has 6 nitrogen and oxygen atoms in total. The first-order chi connectivity index (χ1) is 17.8. The van der Waals surface area contributed by atoms with Gasteiger partial charge in [0.2, 0.25) is 0 Å². The Morgan fingerprint density at radius 2 is 1.84 bits per heavy atom. The number of H-pyrrole nitrogens is 1. The van der Waals surface area contributed by atoms with Gasteiger partial charge < -0.3 is 19.4 Å². The van der Waals surface area contributed by atoms with Gasteiger partial charge >= 0.3 is 6.36 Å². The van der Waals surface area contributed by atoms with Crippen LogP contribution in [0.3, 0.4) is 0 Å². The number of carbonyl (C=O) groups is 1. The molecule has 2 aliphatic heterocycles. The summed E-state index contributed by atoms with van der Waals surface area (Å²) >= 11 is 0. The summed E-state index contributed by atoms with van der Waals surface area (Å²) in [5, 5.41) is 0.914. The SMILES string of the molecule is O=C(c1ccc(OC(F)(F)F)cc1)N1CCC(c2c(F)cnc3[nH]c4c(c23)C2CCOCC2CC4)CC1. The Hall–Kier alpha value is -3.14. The Labute approximate surface area is 211 Å². The minimum absolute atomic E-state index is 0.0581. The number of rotatable bonds is 3. The minimum atomic E-state index is -4.79. The molecule has 4 heterocycles. The lowest BCUT2D eigenvalue weighted by Crippen LogP contribution is -2.38. The third-order valence-corrected chi connectivity index (χ3v) is 8.07. The van der Waals surface area contributed by atoms with Gasteiger partial charge in [-0.25, -0.2) is 9.37 Å². The van der Waals surface area contributed by atoms with E-state index in [2.05, 4.69) is 14.7 Å². The molecule has 1 N–H and O–H groups in total. The van der Waals surface area contributed by atoms with Crippen molar-refractivity contribution in [2.75, 3.05) is 26.3 Å². The fraction of sp³-hybridized carbons (Fsp3) is 0.481. The molecule has 3 aliphatic rings. The van der Waals surface area contributed by atoms with Crippen LogP contribution in [0, 0.1) is 11.7 Å². The molecule has 2 fully saturated rings. The van der Waals surface area contributed by atoms with Gasteiger partial charge in [0.15, 0.2) is 0 Å². The average Bonchev–Trinajstić information content (AvgIpc) is 3.27. The molecule has 3 aromatic rings. The molecule has 2 saturated heterocycles. The summed E-state index contributed by atoms with van der Waals surface area (Å²) in [6.07, 6.45) is 0.556. The van der Waals surface area contributed by atoms with Gasteiger partial charge in [0, 0.05) is 48.5 Å². The lowest BCUT2D eigenvalue weighted by molar-refractivity contribution is -0.274. The number of alkyl halides is 3. The topological polar surface area (TPSA) is 67.5 Å². The highest BCUT2D eigenvalue weighted by molar-refractivity contribution is 5.94. The molecule has 0 radical (unpaired) electrons. The van der Waals surface area contributed by atoms with Crippen molar-refractivity contribution < 1.29 is 31.8 Å². The minimum Gasteiger partial charge on any atom is -0.406 e. The zero-order chi connectivity index (χ0) is 25.7. The monoisotopic (exact) mass is 517 g/mol. The molecule has 1 aliphatic carbocycles. The van der Waals surface area contributed by atoms with Gasteiger partial charge in [-0.1, -0.05) is 0 Å². The second-order valence-corrected chi connectivity index (χ2v) is 10.2. The van der Waals surface area contributed by atoms with Crippen LogP contribution in [0.2, 0.25) is 0 Å². The summed E-state index contributed by atoms with van der Waals surface area (Å²) in [4.78, 5) is 22.5. The second-order valence-electron chi connectivity index (χ2n) is 10.2. The smallest absolute Gasteiger partial charge is 0.406 e. The summed E-state index contributed by atoms with van der Waals surface area (Å²) in [5.74, 6) is -0.239. The molecule has 0 bridgehead atoms. The van der Waals surface area contributed by atoms with Crippen molar-refractivity contribution in [2.24, 2.45) is 5.92 Å². The predicted molar refractivity (Wildman–Crippen MR) is 127 cm³/mol. The van der Waals surface area contributed by atoms with Crippen LogP contribution < -0.4 is 4.74 Å². The van der Waals surface area contributed by atoms with Crippen molar-refractivity contribution in [1.82, 2.24) is 14.9 Å². The number of aromatic amines is 1. The molecule has 196 valence electrons. The van der Waals surface area contributed by atoms with Crippen molar-refractivity contribution in [3.05, 3.63) is 58.7 Å². The Morgan fingerprint density at radius 1 is 1.08 bits per heavy atom. The molecule has 2 atom stereocenters. The summed E-state index contributed by atoms with van der Waals surface area (Å²) in [5.41, 5.74) is 4.07. The van der Waals surface area contributed by atoms with Crippen LogP contribution in [0.5, 0.6) is 5.75 Å². The standard InChI is InChI=1S/C27H27F4N3O3/c28-20-13-32-25-24(23-19-9-12-36-14-17(19)3-6-21(23)33-25)22(20)15-7-10-34(11-8-15)26(35)16-1-4-18(5-2-16)37-27(29,30)31/h1-2,4-5,13,15,17,19H,3,6-12,14H2,(H,32,33). The van der Waals surface area contributed by atoms with E-state index in [1.165, 1.54) is 23.9 Å². The number of aromatic nitrogens is 2. The number of amides is 1. The molecule has 2 aromatic heterocycles. The first-order valence-electron chi connectivity index (χ1n) is 12.7. The number of likely N-dealkylation sites (tertiary alicyclic amines) is 1. The van der Waals surface area contributed by atoms with E-state index in [1.54, 1.807) is 4.90 Å². The zero-order valence-electron chi connectivity index (χ0n) is 20.1. The Morgan fingerprint density at radius 3 is 2.57 bits per heavy atom. The van der Waals surface area contributed by atoms with Gasteiger partial charge in [-0.3, -0.25) is 4.79 Å². The number of nitrogens with one attached hydrogen (secondary N) is 1.